The molecule has 0 amide bonds. The van der Waals surface area contributed by atoms with E-state index < -0.39 is 0 Å². The Morgan fingerprint density at radius 1 is 1.05 bits per heavy atom. The second kappa shape index (κ2) is 13.2. The zero-order valence-corrected chi connectivity index (χ0v) is 24.4. The van der Waals surface area contributed by atoms with Crippen molar-refractivity contribution in [3.05, 3.63) is 88.3 Å². The molecule has 3 aromatic carbocycles. The third kappa shape index (κ3) is 6.58. The predicted octanol–water partition coefficient (Wildman–Crippen LogP) is 7.98. The van der Waals surface area contributed by atoms with Gasteiger partial charge in [-0.1, -0.05) is 42.3 Å². The Morgan fingerprint density at radius 3 is 2.58 bits per heavy atom. The molecule has 4 nitrogen and oxygen atoms in total. The smallest absolute Gasteiger partial charge is 0.307 e. The van der Waals surface area contributed by atoms with Crippen LogP contribution in [-0.4, -0.2) is 25.7 Å². The molecule has 2 heterocycles. The molecule has 5 rings (SSSR count). The largest absolute Gasteiger partial charge is 0.489 e. The number of carbonyl (C=O) groups is 1. The van der Waals surface area contributed by atoms with Crippen LogP contribution in [0.2, 0.25) is 0 Å². The van der Waals surface area contributed by atoms with Gasteiger partial charge in [0.05, 0.1) is 18.9 Å². The maximum atomic E-state index is 12.0. The van der Waals surface area contributed by atoms with Gasteiger partial charge in [0.15, 0.2) is 0 Å². The summed E-state index contributed by atoms with van der Waals surface area (Å²) < 4.78 is 12.6. The standard InChI is InChI=1S/C35H37NO3S/c1-4-6-28(21-35(37)38-5-2)26-8-11-30(12-9-26)39-22-25-7-14-34-32(20-25)33(23-40-34)31-13-10-29(19-24(31)3)27-15-17-36-18-16-27/h7-14,19-20,23,27-28,36H,5,15-18,21-22H2,1-3H3/t28-/m0/s1. The van der Waals surface area contributed by atoms with Crippen molar-refractivity contribution in [3.63, 3.8) is 0 Å². The number of aryl methyl sites for hydroxylation is 1. The lowest BCUT2D eigenvalue weighted by Crippen LogP contribution is -2.26. The Bertz CT molecular complexity index is 1520. The van der Waals surface area contributed by atoms with Crippen molar-refractivity contribution in [1.29, 1.82) is 0 Å². The van der Waals surface area contributed by atoms with Gasteiger partial charge in [0.1, 0.15) is 12.4 Å². The van der Waals surface area contributed by atoms with Crippen molar-refractivity contribution in [1.82, 2.24) is 5.32 Å². The Balaban J connectivity index is 1.29. The number of piperidine rings is 1. The molecule has 0 unspecified atom stereocenters. The Hall–Kier alpha value is -3.59. The Kier molecular flexibility index (Phi) is 9.21. The maximum Gasteiger partial charge on any atom is 0.307 e. The van der Waals surface area contributed by atoms with Gasteiger partial charge in [-0.05, 0) is 110 Å². The number of hydrogen-bond acceptors (Lipinski definition) is 5. The molecule has 206 valence electrons. The maximum absolute atomic E-state index is 12.0. The van der Waals surface area contributed by atoms with Crippen LogP contribution in [0.5, 0.6) is 5.75 Å². The molecule has 5 heteroatoms. The highest BCUT2D eigenvalue weighted by molar-refractivity contribution is 7.17. The van der Waals surface area contributed by atoms with Crippen LogP contribution in [0.3, 0.4) is 0 Å². The first-order valence-corrected chi connectivity index (χ1v) is 15.1. The van der Waals surface area contributed by atoms with Gasteiger partial charge in [-0.25, -0.2) is 0 Å². The monoisotopic (exact) mass is 551 g/mol. The predicted molar refractivity (Wildman–Crippen MR) is 165 cm³/mol. The van der Waals surface area contributed by atoms with Crippen LogP contribution < -0.4 is 10.1 Å². The summed E-state index contributed by atoms with van der Waals surface area (Å²) in [6.07, 6.45) is 2.68. The normalized spacial score (nSPS) is 14.4. The van der Waals surface area contributed by atoms with E-state index in [0.29, 0.717) is 19.1 Å². The highest BCUT2D eigenvalue weighted by atomic mass is 32.1. The number of fused-ring (bicyclic) bond motifs is 1. The molecule has 0 bridgehead atoms. The van der Waals surface area contributed by atoms with Gasteiger partial charge in [-0.2, -0.15) is 0 Å². The minimum Gasteiger partial charge on any atom is -0.489 e. The Morgan fingerprint density at radius 2 is 1.85 bits per heavy atom. The van der Waals surface area contributed by atoms with Crippen LogP contribution in [0.4, 0.5) is 0 Å². The summed E-state index contributed by atoms with van der Waals surface area (Å²) in [6.45, 7) is 8.93. The molecule has 1 saturated heterocycles. The molecule has 1 aliphatic rings. The van der Waals surface area contributed by atoms with E-state index in [4.69, 9.17) is 9.47 Å². The number of carbonyl (C=O) groups excluding carboxylic acids is 1. The van der Waals surface area contributed by atoms with E-state index in [1.165, 1.54) is 45.2 Å². The molecule has 40 heavy (non-hydrogen) atoms. The fourth-order valence-corrected chi connectivity index (χ4v) is 6.49. The molecular weight excluding hydrogens is 514 g/mol. The number of benzene rings is 3. The first-order chi connectivity index (χ1) is 19.6. The van der Waals surface area contributed by atoms with Gasteiger partial charge in [-0.3, -0.25) is 4.79 Å². The van der Waals surface area contributed by atoms with Gasteiger partial charge < -0.3 is 14.8 Å². The van der Waals surface area contributed by atoms with E-state index in [1.54, 1.807) is 18.3 Å². The van der Waals surface area contributed by atoms with E-state index >= 15 is 0 Å². The summed E-state index contributed by atoms with van der Waals surface area (Å²) >= 11 is 1.80. The summed E-state index contributed by atoms with van der Waals surface area (Å²) in [5.41, 5.74) is 7.54. The first kappa shape index (κ1) is 28.0. The van der Waals surface area contributed by atoms with Crippen LogP contribution >= 0.6 is 11.3 Å². The summed E-state index contributed by atoms with van der Waals surface area (Å²) in [7, 11) is 0. The van der Waals surface area contributed by atoms with E-state index in [0.717, 1.165) is 30.0 Å². The SMILES string of the molecule is CC#C[C@@H](CC(=O)OCC)c1ccc(OCc2ccc3scc(-c4ccc(C5CCNCC5)cc4C)c3c2)cc1. The molecule has 0 saturated carbocycles. The van der Waals surface area contributed by atoms with E-state index in [2.05, 4.69) is 65.9 Å². The van der Waals surface area contributed by atoms with E-state index in [-0.39, 0.29) is 18.3 Å². The number of hydrogen-bond donors (Lipinski definition) is 1. The fraction of sp³-hybridized carbons (Fsp3) is 0.343. The average Bonchev–Trinajstić information content (AvgIpc) is 3.40. The van der Waals surface area contributed by atoms with Crippen LogP contribution in [0.1, 0.15) is 67.2 Å². The minimum absolute atomic E-state index is 0.185. The fourth-order valence-electron chi connectivity index (χ4n) is 5.55. The molecule has 1 fully saturated rings. The second-order valence-corrected chi connectivity index (χ2v) is 11.3. The number of rotatable bonds is 9. The van der Waals surface area contributed by atoms with Gasteiger partial charge >= 0.3 is 5.97 Å². The zero-order valence-electron chi connectivity index (χ0n) is 23.6. The zero-order chi connectivity index (χ0) is 27.9. The molecule has 0 spiro atoms. The highest BCUT2D eigenvalue weighted by Crippen LogP contribution is 2.38. The van der Waals surface area contributed by atoms with Gasteiger partial charge in [0.25, 0.3) is 0 Å². The highest BCUT2D eigenvalue weighted by Gasteiger charge is 2.18. The minimum atomic E-state index is -0.230. The van der Waals surface area contributed by atoms with Crippen molar-refractivity contribution in [2.24, 2.45) is 0 Å². The van der Waals surface area contributed by atoms with Crippen molar-refractivity contribution >= 4 is 27.4 Å². The lowest BCUT2D eigenvalue weighted by Gasteiger charge is -2.23. The lowest BCUT2D eigenvalue weighted by molar-refractivity contribution is -0.143. The molecule has 1 aromatic heterocycles. The molecule has 1 aliphatic heterocycles. The molecule has 1 atom stereocenters. The van der Waals surface area contributed by atoms with Crippen molar-refractivity contribution in [2.75, 3.05) is 19.7 Å². The van der Waals surface area contributed by atoms with Crippen LogP contribution in [-0.2, 0) is 16.1 Å². The van der Waals surface area contributed by atoms with Crippen LogP contribution in [0.15, 0.2) is 66.0 Å². The van der Waals surface area contributed by atoms with Crippen molar-refractivity contribution in [3.8, 4) is 28.7 Å². The van der Waals surface area contributed by atoms with Gasteiger partial charge in [0.2, 0.25) is 0 Å². The first-order valence-electron chi connectivity index (χ1n) is 14.2. The van der Waals surface area contributed by atoms with Crippen molar-refractivity contribution < 1.29 is 14.3 Å². The third-order valence-corrected chi connectivity index (χ3v) is 8.64. The molecule has 0 aliphatic carbocycles. The number of thiophene rings is 1. The van der Waals surface area contributed by atoms with E-state index in [1.807, 2.05) is 31.2 Å². The Labute approximate surface area is 241 Å². The summed E-state index contributed by atoms with van der Waals surface area (Å²) in [6, 6.07) is 21.5. The summed E-state index contributed by atoms with van der Waals surface area (Å²) in [4.78, 5) is 12.0. The van der Waals surface area contributed by atoms with Crippen LogP contribution in [0.25, 0.3) is 21.2 Å². The van der Waals surface area contributed by atoms with Crippen molar-refractivity contribution in [2.45, 2.75) is 58.5 Å². The second-order valence-electron chi connectivity index (χ2n) is 10.4. The third-order valence-electron chi connectivity index (χ3n) is 7.67. The average molecular weight is 552 g/mol. The molecule has 0 radical (unpaired) electrons. The summed E-state index contributed by atoms with van der Waals surface area (Å²) in [5.74, 6) is 7.10. The lowest BCUT2D eigenvalue weighted by atomic mass is 9.87. The van der Waals surface area contributed by atoms with E-state index in [9.17, 15) is 4.79 Å². The molecule has 4 aromatic rings. The number of esters is 1. The van der Waals surface area contributed by atoms with Gasteiger partial charge in [0, 0.05) is 15.6 Å². The van der Waals surface area contributed by atoms with Gasteiger partial charge in [-0.15, -0.1) is 17.3 Å². The summed E-state index contributed by atoms with van der Waals surface area (Å²) in [5, 5.41) is 7.03. The quantitative estimate of drug-likeness (QED) is 0.169. The van der Waals surface area contributed by atoms with Crippen LogP contribution in [0, 0.1) is 18.8 Å². The molecule has 1 N–H and O–H groups in total. The number of nitrogens with one attached hydrogen (secondary N) is 1. The number of ether oxygens (including phenoxy) is 2. The topological polar surface area (TPSA) is 47.6 Å². The molecular formula is C35H37NO3S.